The van der Waals surface area contributed by atoms with Crippen LogP contribution in [-0.2, 0) is 0 Å². The van der Waals surface area contributed by atoms with Crippen LogP contribution >= 0.6 is 0 Å². The van der Waals surface area contributed by atoms with Crippen molar-refractivity contribution in [2.24, 2.45) is 5.10 Å². The number of hydrazone groups is 1. The highest BCUT2D eigenvalue weighted by molar-refractivity contribution is 5.77. The highest BCUT2D eigenvalue weighted by Gasteiger charge is 2.07. The van der Waals surface area contributed by atoms with Crippen LogP contribution in [0, 0.1) is 5.82 Å². The van der Waals surface area contributed by atoms with Gasteiger partial charge in [-0.1, -0.05) is 0 Å². The van der Waals surface area contributed by atoms with Crippen molar-refractivity contribution < 1.29 is 4.39 Å². The quantitative estimate of drug-likeness (QED) is 0.641. The van der Waals surface area contributed by atoms with E-state index in [9.17, 15) is 4.39 Å². The molecule has 0 amide bonds. The van der Waals surface area contributed by atoms with Gasteiger partial charge in [0.2, 0.25) is 5.95 Å². The van der Waals surface area contributed by atoms with Crippen LogP contribution in [0.1, 0.15) is 5.69 Å². The summed E-state index contributed by atoms with van der Waals surface area (Å²) in [6.07, 6.45) is 4.10. The van der Waals surface area contributed by atoms with E-state index in [4.69, 9.17) is 5.73 Å². The highest BCUT2D eigenvalue weighted by atomic mass is 19.1. The van der Waals surface area contributed by atoms with Crippen molar-refractivity contribution in [1.29, 1.82) is 0 Å². The Morgan fingerprint density at radius 3 is 2.75 bits per heavy atom. The zero-order chi connectivity index (χ0) is 14.5. The van der Waals surface area contributed by atoms with Gasteiger partial charge in [-0.05, 0) is 12.1 Å². The summed E-state index contributed by atoms with van der Waals surface area (Å²) < 4.78 is 13.4. The van der Waals surface area contributed by atoms with Crippen molar-refractivity contribution in [3.63, 3.8) is 0 Å². The molecule has 3 N–H and O–H groups in total. The second-order valence-electron chi connectivity index (χ2n) is 4.15. The van der Waals surface area contributed by atoms with Crippen LogP contribution in [-0.4, -0.2) is 35.3 Å². The zero-order valence-corrected chi connectivity index (χ0v) is 11.1. The lowest BCUT2D eigenvalue weighted by atomic mass is 10.3. The van der Waals surface area contributed by atoms with Gasteiger partial charge in [0.1, 0.15) is 0 Å². The Bertz CT molecular complexity index is 610. The number of nitrogens with zero attached hydrogens (tertiary/aromatic N) is 5. The fraction of sp³-hybridized carbons (Fsp3) is 0.167. The molecule has 104 valence electrons. The maximum Gasteiger partial charge on any atom is 0.245 e. The standard InChI is InChI=1S/C12H14FN7/c1-20(2)11-10(13)7-16-12(18-11)19-17-6-9-4-3-8(14)5-15-9/h3-7H,14H2,1-2H3,(H,16,18,19)/b17-6+. The third-order valence-electron chi connectivity index (χ3n) is 2.32. The van der Waals surface area contributed by atoms with E-state index < -0.39 is 5.82 Å². The molecule has 0 aliphatic heterocycles. The van der Waals surface area contributed by atoms with Gasteiger partial charge in [-0.3, -0.25) is 4.98 Å². The Kier molecular flexibility index (Phi) is 4.04. The number of nitrogen functional groups attached to an aromatic ring is 1. The smallest absolute Gasteiger partial charge is 0.245 e. The molecule has 20 heavy (non-hydrogen) atoms. The number of hydrogen-bond donors (Lipinski definition) is 2. The van der Waals surface area contributed by atoms with Crippen molar-refractivity contribution >= 4 is 23.7 Å². The number of pyridine rings is 1. The predicted molar refractivity (Wildman–Crippen MR) is 76.2 cm³/mol. The van der Waals surface area contributed by atoms with Gasteiger partial charge in [0.05, 0.1) is 30.0 Å². The Morgan fingerprint density at radius 1 is 1.30 bits per heavy atom. The van der Waals surface area contributed by atoms with Crippen LogP contribution in [0.15, 0.2) is 29.6 Å². The van der Waals surface area contributed by atoms with Gasteiger partial charge < -0.3 is 10.6 Å². The van der Waals surface area contributed by atoms with Crippen molar-refractivity contribution in [2.75, 3.05) is 30.2 Å². The molecular formula is C12H14FN7. The average Bonchev–Trinajstić information content (AvgIpc) is 2.42. The molecule has 2 aromatic rings. The lowest BCUT2D eigenvalue weighted by Crippen LogP contribution is -2.14. The molecule has 2 aromatic heterocycles. The van der Waals surface area contributed by atoms with E-state index in [1.807, 2.05) is 0 Å². The van der Waals surface area contributed by atoms with Crippen molar-refractivity contribution in [3.05, 3.63) is 36.0 Å². The maximum atomic E-state index is 13.4. The molecule has 8 heteroatoms. The highest BCUT2D eigenvalue weighted by Crippen LogP contribution is 2.14. The molecule has 0 fully saturated rings. The predicted octanol–water partition coefficient (Wildman–Crippen LogP) is 1.10. The first-order valence-electron chi connectivity index (χ1n) is 5.77. The van der Waals surface area contributed by atoms with Crippen LogP contribution < -0.4 is 16.1 Å². The van der Waals surface area contributed by atoms with Crippen LogP contribution in [0.2, 0.25) is 0 Å². The number of nitrogens with two attached hydrogens (primary N) is 1. The second-order valence-corrected chi connectivity index (χ2v) is 4.15. The van der Waals surface area contributed by atoms with Crippen LogP contribution in [0.5, 0.6) is 0 Å². The summed E-state index contributed by atoms with van der Waals surface area (Å²) in [5, 5.41) is 3.93. The first-order valence-corrected chi connectivity index (χ1v) is 5.77. The third kappa shape index (κ3) is 3.37. The van der Waals surface area contributed by atoms with E-state index in [1.54, 1.807) is 31.1 Å². The molecule has 0 aliphatic rings. The molecule has 0 atom stereocenters. The minimum atomic E-state index is -0.496. The number of hydrogen-bond acceptors (Lipinski definition) is 7. The summed E-state index contributed by atoms with van der Waals surface area (Å²) in [5.41, 5.74) is 9.34. The van der Waals surface area contributed by atoms with Gasteiger partial charge in [0.25, 0.3) is 0 Å². The number of nitrogens with one attached hydrogen (secondary N) is 1. The van der Waals surface area contributed by atoms with E-state index in [1.165, 1.54) is 12.4 Å². The summed E-state index contributed by atoms with van der Waals surface area (Å²) in [6.45, 7) is 0. The fourth-order valence-electron chi connectivity index (χ4n) is 1.37. The molecule has 0 radical (unpaired) electrons. The molecular weight excluding hydrogens is 261 g/mol. The van der Waals surface area contributed by atoms with E-state index in [-0.39, 0.29) is 11.8 Å². The molecule has 0 bridgehead atoms. The Labute approximate surface area is 115 Å². The third-order valence-corrected chi connectivity index (χ3v) is 2.32. The van der Waals surface area contributed by atoms with Gasteiger partial charge in [0, 0.05) is 14.1 Å². The van der Waals surface area contributed by atoms with Gasteiger partial charge >= 0.3 is 0 Å². The maximum absolute atomic E-state index is 13.4. The van der Waals surface area contributed by atoms with Crippen molar-refractivity contribution in [1.82, 2.24) is 15.0 Å². The van der Waals surface area contributed by atoms with Crippen LogP contribution in [0.4, 0.5) is 21.8 Å². The lowest BCUT2D eigenvalue weighted by molar-refractivity contribution is 0.612. The molecule has 0 aromatic carbocycles. The molecule has 0 saturated carbocycles. The summed E-state index contributed by atoms with van der Waals surface area (Å²) in [4.78, 5) is 13.4. The van der Waals surface area contributed by atoms with E-state index in [0.29, 0.717) is 11.4 Å². The summed E-state index contributed by atoms with van der Waals surface area (Å²) >= 11 is 0. The van der Waals surface area contributed by atoms with Gasteiger partial charge in [-0.25, -0.2) is 14.8 Å². The van der Waals surface area contributed by atoms with E-state index in [0.717, 1.165) is 6.20 Å². The molecule has 0 spiro atoms. The first kappa shape index (κ1) is 13.7. The van der Waals surface area contributed by atoms with Crippen LogP contribution in [0.3, 0.4) is 0 Å². The molecule has 0 saturated heterocycles. The Balaban J connectivity index is 2.07. The molecule has 0 aliphatic carbocycles. The van der Waals surface area contributed by atoms with Crippen molar-refractivity contribution in [3.8, 4) is 0 Å². The average molecular weight is 275 g/mol. The van der Waals surface area contributed by atoms with Gasteiger partial charge in [-0.2, -0.15) is 10.1 Å². The molecule has 0 unspecified atom stereocenters. The second kappa shape index (κ2) is 5.91. The summed E-state index contributed by atoms with van der Waals surface area (Å²) in [5.74, 6) is -0.116. The number of aromatic nitrogens is 3. The van der Waals surface area contributed by atoms with E-state index in [2.05, 4.69) is 25.5 Å². The van der Waals surface area contributed by atoms with Gasteiger partial charge in [0.15, 0.2) is 11.6 Å². The minimum absolute atomic E-state index is 0.184. The lowest BCUT2D eigenvalue weighted by Gasteiger charge is -2.12. The molecule has 7 nitrogen and oxygen atoms in total. The monoisotopic (exact) mass is 275 g/mol. The van der Waals surface area contributed by atoms with Gasteiger partial charge in [-0.15, -0.1) is 0 Å². The molecule has 2 rings (SSSR count). The summed E-state index contributed by atoms with van der Waals surface area (Å²) in [7, 11) is 3.38. The normalized spacial score (nSPS) is 10.8. The largest absolute Gasteiger partial charge is 0.397 e. The Hall–Kier alpha value is -2.77. The van der Waals surface area contributed by atoms with Crippen LogP contribution in [0.25, 0.3) is 0 Å². The first-order chi connectivity index (χ1) is 9.56. The van der Waals surface area contributed by atoms with E-state index >= 15 is 0 Å². The van der Waals surface area contributed by atoms with Crippen molar-refractivity contribution in [2.45, 2.75) is 0 Å². The minimum Gasteiger partial charge on any atom is -0.397 e. The Morgan fingerprint density at radius 2 is 2.10 bits per heavy atom. The topological polar surface area (TPSA) is 92.3 Å². The number of anilines is 3. The molecule has 2 heterocycles. The number of halogens is 1. The number of rotatable bonds is 4. The fourth-order valence-corrected chi connectivity index (χ4v) is 1.37. The SMILES string of the molecule is CN(C)c1nc(N/N=C/c2ccc(N)cn2)ncc1F. The zero-order valence-electron chi connectivity index (χ0n) is 11.1. The summed E-state index contributed by atoms with van der Waals surface area (Å²) in [6, 6.07) is 3.43.